The Morgan fingerprint density at radius 1 is 0.950 bits per heavy atom. The van der Waals surface area contributed by atoms with Crippen LogP contribution in [0.3, 0.4) is 0 Å². The maximum absolute atomic E-state index is 12.3. The highest BCUT2D eigenvalue weighted by Crippen LogP contribution is 2.27. The van der Waals surface area contributed by atoms with E-state index in [1.54, 1.807) is 0 Å². The van der Waals surface area contributed by atoms with Gasteiger partial charge in [0, 0.05) is 16.6 Å². The number of pyridine rings is 1. The highest BCUT2D eigenvalue weighted by molar-refractivity contribution is 5.85. The number of aryl methyl sites for hydroxylation is 1. The maximum atomic E-state index is 12.3. The Bertz CT molecular complexity index is 820. The van der Waals surface area contributed by atoms with Gasteiger partial charge < -0.3 is 9.72 Å². The van der Waals surface area contributed by atoms with E-state index in [1.165, 1.54) is 0 Å². The van der Waals surface area contributed by atoms with Crippen LogP contribution in [-0.4, -0.2) is 4.98 Å². The van der Waals surface area contributed by atoms with E-state index in [-0.39, 0.29) is 5.43 Å². The van der Waals surface area contributed by atoms with Crippen molar-refractivity contribution in [3.63, 3.8) is 0 Å². The molecular formula is C17H15NO2. The van der Waals surface area contributed by atoms with Gasteiger partial charge in [-0.2, -0.15) is 0 Å². The van der Waals surface area contributed by atoms with Gasteiger partial charge in [-0.15, -0.1) is 0 Å². The summed E-state index contributed by atoms with van der Waals surface area (Å²) in [6.45, 7) is 3.73. The lowest BCUT2D eigenvalue weighted by molar-refractivity contribution is 0.487. The highest BCUT2D eigenvalue weighted by atomic mass is 16.5. The summed E-state index contributed by atoms with van der Waals surface area (Å²) in [5.74, 6) is 1.41. The first-order valence-corrected chi connectivity index (χ1v) is 6.52. The first-order valence-electron chi connectivity index (χ1n) is 6.52. The Kier molecular flexibility index (Phi) is 3.03. The van der Waals surface area contributed by atoms with Crippen LogP contribution in [0, 0.1) is 13.8 Å². The molecular weight excluding hydrogens is 250 g/mol. The molecule has 0 aliphatic carbocycles. The Morgan fingerprint density at radius 3 is 2.45 bits per heavy atom. The number of aromatic nitrogens is 1. The molecule has 2 aromatic carbocycles. The second-order valence-corrected chi connectivity index (χ2v) is 4.80. The third kappa shape index (κ3) is 2.07. The summed E-state index contributed by atoms with van der Waals surface area (Å²) in [5, 5.41) is 0.654. The van der Waals surface area contributed by atoms with Gasteiger partial charge in [0.05, 0.1) is 5.52 Å². The van der Waals surface area contributed by atoms with Crippen molar-refractivity contribution in [1.29, 1.82) is 0 Å². The fraction of sp³-hybridized carbons (Fsp3) is 0.118. The number of H-pyrrole nitrogens is 1. The Balaban J connectivity index is 2.20. The molecule has 3 nitrogen and oxygen atoms in total. The minimum atomic E-state index is 0.0507. The lowest BCUT2D eigenvalue weighted by Gasteiger charge is -2.10. The van der Waals surface area contributed by atoms with Crippen molar-refractivity contribution in [2.45, 2.75) is 13.8 Å². The van der Waals surface area contributed by atoms with Crippen molar-refractivity contribution in [2.24, 2.45) is 0 Å². The highest BCUT2D eigenvalue weighted by Gasteiger charge is 2.10. The molecule has 0 aliphatic heterocycles. The molecule has 0 amide bonds. The van der Waals surface area contributed by atoms with E-state index >= 15 is 0 Å². The third-order valence-electron chi connectivity index (χ3n) is 3.46. The van der Waals surface area contributed by atoms with Gasteiger partial charge in [0.1, 0.15) is 5.75 Å². The van der Waals surface area contributed by atoms with Gasteiger partial charge in [-0.1, -0.05) is 24.3 Å². The largest absolute Gasteiger partial charge is 0.455 e. The smallest absolute Gasteiger partial charge is 0.192 e. The van der Waals surface area contributed by atoms with Gasteiger partial charge >= 0.3 is 0 Å². The van der Waals surface area contributed by atoms with Crippen LogP contribution in [0.25, 0.3) is 10.9 Å². The molecule has 0 saturated carbocycles. The van der Waals surface area contributed by atoms with Crippen LogP contribution in [-0.2, 0) is 0 Å². The summed E-state index contributed by atoms with van der Waals surface area (Å²) < 4.78 is 5.87. The number of fused-ring (bicyclic) bond motifs is 1. The predicted molar refractivity (Wildman–Crippen MR) is 80.6 cm³/mol. The fourth-order valence-electron chi connectivity index (χ4n) is 2.20. The summed E-state index contributed by atoms with van der Waals surface area (Å²) in [5.41, 5.74) is 2.40. The van der Waals surface area contributed by atoms with Crippen LogP contribution in [0.4, 0.5) is 0 Å². The van der Waals surface area contributed by atoms with Crippen molar-refractivity contribution >= 4 is 10.9 Å². The van der Waals surface area contributed by atoms with Crippen molar-refractivity contribution in [3.8, 4) is 11.5 Å². The van der Waals surface area contributed by atoms with Gasteiger partial charge in [-0.3, -0.25) is 4.79 Å². The summed E-state index contributed by atoms with van der Waals surface area (Å²) in [7, 11) is 0. The molecule has 3 rings (SSSR count). The van der Waals surface area contributed by atoms with Crippen LogP contribution in [0.1, 0.15) is 11.3 Å². The average Bonchev–Trinajstić information content (AvgIpc) is 2.47. The van der Waals surface area contributed by atoms with E-state index in [0.29, 0.717) is 11.1 Å². The lowest BCUT2D eigenvalue weighted by atomic mass is 10.1. The van der Waals surface area contributed by atoms with Gasteiger partial charge in [0.25, 0.3) is 0 Å². The molecule has 1 aromatic heterocycles. The second-order valence-electron chi connectivity index (χ2n) is 4.80. The number of aromatic amines is 1. The molecule has 0 bridgehead atoms. The lowest BCUT2D eigenvalue weighted by Crippen LogP contribution is -2.09. The normalized spacial score (nSPS) is 10.7. The molecule has 3 aromatic rings. The summed E-state index contributed by atoms with van der Waals surface area (Å²) >= 11 is 0. The quantitative estimate of drug-likeness (QED) is 0.762. The molecule has 1 N–H and O–H groups in total. The summed E-state index contributed by atoms with van der Waals surface area (Å²) in [6.07, 6.45) is 0. The van der Waals surface area contributed by atoms with Gasteiger partial charge in [0.15, 0.2) is 11.2 Å². The molecule has 0 aliphatic rings. The zero-order chi connectivity index (χ0) is 14.1. The van der Waals surface area contributed by atoms with E-state index in [0.717, 1.165) is 22.5 Å². The van der Waals surface area contributed by atoms with Crippen LogP contribution in [0.15, 0.2) is 53.3 Å². The standard InChI is InChI=1S/C17H15NO2/c1-11-12(2)18-16-14(17(11)19)9-6-10-15(16)20-13-7-4-3-5-8-13/h3-10H,1-2H3,(H,18,19). The van der Waals surface area contributed by atoms with Gasteiger partial charge in [-0.25, -0.2) is 0 Å². The minimum Gasteiger partial charge on any atom is -0.455 e. The number of para-hydroxylation sites is 2. The molecule has 0 unspecified atom stereocenters. The van der Waals surface area contributed by atoms with Crippen LogP contribution in [0.2, 0.25) is 0 Å². The zero-order valence-corrected chi connectivity index (χ0v) is 11.4. The number of benzene rings is 2. The number of hydrogen-bond acceptors (Lipinski definition) is 2. The monoisotopic (exact) mass is 265 g/mol. The topological polar surface area (TPSA) is 42.1 Å². The zero-order valence-electron chi connectivity index (χ0n) is 11.4. The first kappa shape index (κ1) is 12.5. The van der Waals surface area contributed by atoms with Crippen molar-refractivity contribution in [1.82, 2.24) is 4.98 Å². The fourth-order valence-corrected chi connectivity index (χ4v) is 2.20. The SMILES string of the molecule is Cc1[nH]c2c(Oc3ccccc3)cccc2c(=O)c1C. The van der Waals surface area contributed by atoms with Crippen LogP contribution < -0.4 is 10.2 Å². The maximum Gasteiger partial charge on any atom is 0.192 e. The van der Waals surface area contributed by atoms with Gasteiger partial charge in [0.2, 0.25) is 0 Å². The van der Waals surface area contributed by atoms with E-state index in [2.05, 4.69) is 4.98 Å². The second kappa shape index (κ2) is 4.85. The van der Waals surface area contributed by atoms with Crippen LogP contribution in [0.5, 0.6) is 11.5 Å². The van der Waals surface area contributed by atoms with E-state index < -0.39 is 0 Å². The molecule has 0 spiro atoms. The minimum absolute atomic E-state index is 0.0507. The van der Waals surface area contributed by atoms with Crippen molar-refractivity contribution in [3.05, 3.63) is 70.0 Å². The molecule has 1 heterocycles. The van der Waals surface area contributed by atoms with Crippen molar-refractivity contribution in [2.75, 3.05) is 0 Å². The average molecular weight is 265 g/mol. The summed E-state index contributed by atoms with van der Waals surface area (Å²) in [6, 6.07) is 15.1. The van der Waals surface area contributed by atoms with Crippen LogP contribution >= 0.6 is 0 Å². The van der Waals surface area contributed by atoms with Gasteiger partial charge in [-0.05, 0) is 38.1 Å². The molecule has 3 heteroatoms. The Labute approximate surface area is 116 Å². The molecule has 100 valence electrons. The number of hydrogen-bond donors (Lipinski definition) is 1. The predicted octanol–water partition coefficient (Wildman–Crippen LogP) is 3.94. The first-order chi connectivity index (χ1) is 9.66. The van der Waals surface area contributed by atoms with Crippen molar-refractivity contribution < 1.29 is 4.74 Å². The number of rotatable bonds is 2. The molecule has 20 heavy (non-hydrogen) atoms. The Hall–Kier alpha value is -2.55. The number of nitrogens with one attached hydrogen (secondary N) is 1. The number of ether oxygens (including phenoxy) is 1. The molecule has 0 fully saturated rings. The molecule has 0 atom stereocenters. The Morgan fingerprint density at radius 2 is 1.70 bits per heavy atom. The third-order valence-corrected chi connectivity index (χ3v) is 3.46. The molecule has 0 radical (unpaired) electrons. The van der Waals surface area contributed by atoms with E-state index in [1.807, 2.05) is 62.4 Å². The van der Waals surface area contributed by atoms with E-state index in [4.69, 9.17) is 4.74 Å². The van der Waals surface area contributed by atoms with E-state index in [9.17, 15) is 4.79 Å². The molecule has 0 saturated heterocycles. The summed E-state index contributed by atoms with van der Waals surface area (Å²) in [4.78, 5) is 15.5.